The van der Waals surface area contributed by atoms with E-state index in [0.717, 1.165) is 10.0 Å². The van der Waals surface area contributed by atoms with Crippen LogP contribution in [0.2, 0.25) is 0 Å². The second kappa shape index (κ2) is 6.43. The maximum absolute atomic E-state index is 11.5. The lowest BCUT2D eigenvalue weighted by Crippen LogP contribution is -2.01. The van der Waals surface area contributed by atoms with Crippen molar-refractivity contribution >= 4 is 51.6 Å². The zero-order valence-electron chi connectivity index (χ0n) is 9.89. The molecule has 0 aliphatic carbocycles. The van der Waals surface area contributed by atoms with Crippen LogP contribution in [-0.2, 0) is 15.7 Å². The molecule has 0 spiro atoms. The molecule has 0 unspecified atom stereocenters. The highest BCUT2D eigenvalue weighted by molar-refractivity contribution is 9.10. The monoisotopic (exact) mass is 439 g/mol. The minimum atomic E-state index is -3.88. The third-order valence-corrected chi connectivity index (χ3v) is 4.59. The van der Waals surface area contributed by atoms with Crippen LogP contribution in [0.25, 0.3) is 0 Å². The van der Waals surface area contributed by atoms with Crippen molar-refractivity contribution in [3.63, 3.8) is 0 Å². The van der Waals surface area contributed by atoms with Gasteiger partial charge in [-0.25, -0.2) is 8.42 Å². The summed E-state index contributed by atoms with van der Waals surface area (Å²) in [5, 5.41) is 0. The Kier molecular flexibility index (Phi) is 5.06. The van der Waals surface area contributed by atoms with Gasteiger partial charge in [0.2, 0.25) is 0 Å². The summed E-state index contributed by atoms with van der Waals surface area (Å²) in [6.07, 6.45) is 3.29. The third kappa shape index (κ3) is 4.18. The summed E-state index contributed by atoms with van der Waals surface area (Å²) in [6, 6.07) is 6.46. The van der Waals surface area contributed by atoms with Gasteiger partial charge < -0.3 is 4.74 Å². The normalized spacial score (nSPS) is 11.3. The zero-order valence-corrected chi connectivity index (χ0v) is 14.6. The first-order valence-corrected chi connectivity index (χ1v) is 9.22. The number of hydrogen-bond acceptors (Lipinski definition) is 4. The van der Waals surface area contributed by atoms with E-state index < -0.39 is 9.05 Å². The van der Waals surface area contributed by atoms with Crippen molar-refractivity contribution in [2.24, 2.45) is 0 Å². The van der Waals surface area contributed by atoms with Gasteiger partial charge in [0.25, 0.3) is 9.05 Å². The second-order valence-electron chi connectivity index (χ2n) is 3.83. The lowest BCUT2D eigenvalue weighted by molar-refractivity contribution is 0.297. The first-order chi connectivity index (χ1) is 9.36. The van der Waals surface area contributed by atoms with Gasteiger partial charge in [-0.1, -0.05) is 15.9 Å². The molecule has 106 valence electrons. The Morgan fingerprint density at radius 2 is 1.90 bits per heavy atom. The summed E-state index contributed by atoms with van der Waals surface area (Å²) >= 11 is 6.50. The molecule has 0 radical (unpaired) electrons. The van der Waals surface area contributed by atoms with Gasteiger partial charge in [-0.3, -0.25) is 4.98 Å². The molecule has 8 heteroatoms. The fourth-order valence-electron chi connectivity index (χ4n) is 1.49. The Labute approximate surface area is 137 Å². The molecular formula is C12H8Br2ClNO3S. The molecule has 1 aromatic carbocycles. The van der Waals surface area contributed by atoms with Gasteiger partial charge >= 0.3 is 0 Å². The number of benzene rings is 1. The average Bonchev–Trinajstić information content (AvgIpc) is 2.36. The lowest BCUT2D eigenvalue weighted by Gasteiger charge is -2.10. The maximum Gasteiger partial charge on any atom is 0.265 e. The number of nitrogens with zero attached hydrogens (tertiary/aromatic N) is 1. The topological polar surface area (TPSA) is 56.3 Å². The highest BCUT2D eigenvalue weighted by atomic mass is 79.9. The van der Waals surface area contributed by atoms with Crippen molar-refractivity contribution in [1.29, 1.82) is 0 Å². The predicted molar refractivity (Wildman–Crippen MR) is 83.4 cm³/mol. The second-order valence-corrected chi connectivity index (χ2v) is 8.19. The van der Waals surface area contributed by atoms with Gasteiger partial charge in [0, 0.05) is 37.6 Å². The van der Waals surface area contributed by atoms with Gasteiger partial charge in [-0.05, 0) is 40.2 Å². The first-order valence-electron chi connectivity index (χ1n) is 5.33. The van der Waals surface area contributed by atoms with Gasteiger partial charge in [-0.15, -0.1) is 0 Å². The van der Waals surface area contributed by atoms with E-state index in [1.54, 1.807) is 24.5 Å². The van der Waals surface area contributed by atoms with E-state index in [-0.39, 0.29) is 17.3 Å². The standard InChI is InChI=1S/C12H8Br2ClNO3S/c13-9-1-2-11(12(4-9)20(15,17)18)19-7-8-3-10(14)6-16-5-8/h1-6H,7H2. The molecule has 0 saturated heterocycles. The number of hydrogen-bond donors (Lipinski definition) is 0. The van der Waals surface area contributed by atoms with Crippen molar-refractivity contribution in [1.82, 2.24) is 4.98 Å². The fraction of sp³-hybridized carbons (Fsp3) is 0.0833. The Bertz CT molecular complexity index is 737. The molecule has 0 amide bonds. The number of rotatable bonds is 4. The molecule has 0 N–H and O–H groups in total. The average molecular weight is 442 g/mol. The summed E-state index contributed by atoms with van der Waals surface area (Å²) < 4.78 is 30.0. The number of ether oxygens (including phenoxy) is 1. The van der Waals surface area contributed by atoms with Crippen LogP contribution in [0.3, 0.4) is 0 Å². The maximum atomic E-state index is 11.5. The van der Waals surface area contributed by atoms with Crippen LogP contribution in [0.4, 0.5) is 0 Å². The lowest BCUT2D eigenvalue weighted by atomic mass is 10.3. The SMILES string of the molecule is O=S(=O)(Cl)c1cc(Br)ccc1OCc1cncc(Br)c1. The highest BCUT2D eigenvalue weighted by Crippen LogP contribution is 2.30. The molecular weight excluding hydrogens is 433 g/mol. The molecule has 0 aliphatic heterocycles. The van der Waals surface area contributed by atoms with Gasteiger partial charge in [0.15, 0.2) is 0 Å². The zero-order chi connectivity index (χ0) is 14.8. The van der Waals surface area contributed by atoms with E-state index in [9.17, 15) is 8.42 Å². The molecule has 1 aromatic heterocycles. The van der Waals surface area contributed by atoms with Crippen LogP contribution < -0.4 is 4.74 Å². The summed E-state index contributed by atoms with van der Waals surface area (Å²) in [5.41, 5.74) is 0.806. The van der Waals surface area contributed by atoms with E-state index in [2.05, 4.69) is 36.8 Å². The Morgan fingerprint density at radius 1 is 1.15 bits per heavy atom. The van der Waals surface area contributed by atoms with Crippen LogP contribution in [0.5, 0.6) is 5.75 Å². The first kappa shape index (κ1) is 15.8. The highest BCUT2D eigenvalue weighted by Gasteiger charge is 2.17. The van der Waals surface area contributed by atoms with Crippen LogP contribution in [0.15, 0.2) is 50.5 Å². The smallest absolute Gasteiger partial charge is 0.265 e. The Hall–Kier alpha value is -0.630. The number of aromatic nitrogens is 1. The van der Waals surface area contributed by atoms with Crippen molar-refractivity contribution in [2.45, 2.75) is 11.5 Å². The third-order valence-electron chi connectivity index (χ3n) is 2.32. The molecule has 1 heterocycles. The van der Waals surface area contributed by atoms with E-state index >= 15 is 0 Å². The molecule has 0 atom stereocenters. The van der Waals surface area contributed by atoms with Crippen LogP contribution in [0, 0.1) is 0 Å². The molecule has 2 rings (SSSR count). The summed E-state index contributed by atoms with van der Waals surface area (Å²) in [4.78, 5) is 3.93. The molecule has 0 aliphatic rings. The van der Waals surface area contributed by atoms with Gasteiger partial charge in [0.1, 0.15) is 17.3 Å². The summed E-state index contributed by atoms with van der Waals surface area (Å²) in [6.45, 7) is 0.188. The molecule has 0 bridgehead atoms. The minimum Gasteiger partial charge on any atom is -0.487 e. The van der Waals surface area contributed by atoms with Crippen molar-refractivity contribution < 1.29 is 13.2 Å². The Morgan fingerprint density at radius 3 is 2.55 bits per heavy atom. The quantitative estimate of drug-likeness (QED) is 0.670. The van der Waals surface area contributed by atoms with Crippen molar-refractivity contribution in [2.75, 3.05) is 0 Å². The Balaban J connectivity index is 2.26. The summed E-state index contributed by atoms with van der Waals surface area (Å²) in [5.74, 6) is 0.197. The van der Waals surface area contributed by atoms with E-state index in [4.69, 9.17) is 15.4 Å². The van der Waals surface area contributed by atoms with Crippen LogP contribution in [0.1, 0.15) is 5.56 Å². The molecule has 20 heavy (non-hydrogen) atoms. The summed E-state index contributed by atoms with van der Waals surface area (Å²) in [7, 11) is 1.52. The molecule has 2 aromatic rings. The predicted octanol–water partition coefficient (Wildman–Crippen LogP) is 4.11. The van der Waals surface area contributed by atoms with E-state index in [1.165, 1.54) is 6.07 Å². The number of halogens is 3. The van der Waals surface area contributed by atoms with Crippen molar-refractivity contribution in [3.05, 3.63) is 51.2 Å². The largest absolute Gasteiger partial charge is 0.487 e. The van der Waals surface area contributed by atoms with Gasteiger partial charge in [0.05, 0.1) is 0 Å². The fourth-order valence-corrected chi connectivity index (χ4v) is 3.41. The van der Waals surface area contributed by atoms with E-state index in [0.29, 0.717) is 4.47 Å². The van der Waals surface area contributed by atoms with Crippen LogP contribution >= 0.6 is 42.5 Å². The number of pyridine rings is 1. The van der Waals surface area contributed by atoms with Crippen molar-refractivity contribution in [3.8, 4) is 5.75 Å². The van der Waals surface area contributed by atoms with Gasteiger partial charge in [-0.2, -0.15) is 0 Å². The molecule has 4 nitrogen and oxygen atoms in total. The van der Waals surface area contributed by atoms with Crippen LogP contribution in [-0.4, -0.2) is 13.4 Å². The minimum absolute atomic E-state index is 0.0727. The molecule has 0 fully saturated rings. The molecule has 0 saturated carbocycles. The van der Waals surface area contributed by atoms with E-state index in [1.807, 2.05) is 6.07 Å².